The number of thiophene rings is 1. The number of aromatic nitrogens is 4. The number of amides is 1. The van der Waals surface area contributed by atoms with E-state index < -0.39 is 0 Å². The molecule has 1 amide bonds. The molecule has 0 saturated carbocycles. The molecule has 3 aromatic rings. The van der Waals surface area contributed by atoms with Crippen molar-refractivity contribution in [2.24, 2.45) is 0 Å². The molecule has 4 heterocycles. The first kappa shape index (κ1) is 13.1. The predicted molar refractivity (Wildman–Crippen MR) is 83.3 cm³/mol. The van der Waals surface area contributed by atoms with Gasteiger partial charge in [0.25, 0.3) is 5.95 Å². The first-order valence-electron chi connectivity index (χ1n) is 6.94. The highest BCUT2D eigenvalue weighted by atomic mass is 32.1. The SMILES string of the molecule is Cc1nn(-c2ncccn2)c2c1[C@@H](c1cccs1)CC(=O)N2. The number of nitrogens with zero attached hydrogens (tertiary/aromatic N) is 4. The first-order chi connectivity index (χ1) is 10.7. The van der Waals surface area contributed by atoms with E-state index in [4.69, 9.17) is 0 Å². The standard InChI is InChI=1S/C15H13N5OS/c1-9-13-10(11-4-2-7-22-11)8-12(21)18-14(13)20(19-9)15-16-5-3-6-17-15/h2-7,10H,8H2,1H3,(H,18,21)/t10-/m1/s1. The van der Waals surface area contributed by atoms with Crippen LogP contribution in [0.3, 0.4) is 0 Å². The van der Waals surface area contributed by atoms with Gasteiger partial charge in [0.05, 0.1) is 5.69 Å². The summed E-state index contributed by atoms with van der Waals surface area (Å²) < 4.78 is 1.61. The van der Waals surface area contributed by atoms with Gasteiger partial charge in [0.1, 0.15) is 5.82 Å². The minimum absolute atomic E-state index is 0.0111. The van der Waals surface area contributed by atoms with E-state index in [1.54, 1.807) is 34.5 Å². The molecule has 110 valence electrons. The van der Waals surface area contributed by atoms with Gasteiger partial charge in [0.2, 0.25) is 5.91 Å². The Labute approximate surface area is 130 Å². The number of nitrogens with one attached hydrogen (secondary N) is 1. The molecule has 1 N–H and O–H groups in total. The minimum Gasteiger partial charge on any atom is -0.310 e. The van der Waals surface area contributed by atoms with E-state index in [1.807, 2.05) is 18.4 Å². The quantitative estimate of drug-likeness (QED) is 0.789. The fourth-order valence-corrected chi connectivity index (χ4v) is 3.66. The van der Waals surface area contributed by atoms with E-state index in [2.05, 4.69) is 26.4 Å². The summed E-state index contributed by atoms with van der Waals surface area (Å²) in [5.74, 6) is 1.17. The van der Waals surface area contributed by atoms with Gasteiger partial charge in [-0.25, -0.2) is 9.97 Å². The lowest BCUT2D eigenvalue weighted by molar-refractivity contribution is -0.116. The van der Waals surface area contributed by atoms with E-state index >= 15 is 0 Å². The summed E-state index contributed by atoms with van der Waals surface area (Å²) in [7, 11) is 0. The number of carbonyl (C=O) groups excluding carboxylic acids is 1. The molecule has 0 fully saturated rings. The minimum atomic E-state index is -0.0111. The third-order valence-electron chi connectivity index (χ3n) is 3.73. The molecule has 0 saturated heterocycles. The molecule has 6 nitrogen and oxygen atoms in total. The lowest BCUT2D eigenvalue weighted by atomic mass is 9.91. The maximum Gasteiger partial charge on any atom is 0.252 e. The maximum absolute atomic E-state index is 12.1. The monoisotopic (exact) mass is 311 g/mol. The van der Waals surface area contributed by atoms with Gasteiger partial charge in [-0.3, -0.25) is 4.79 Å². The second kappa shape index (κ2) is 5.03. The first-order valence-corrected chi connectivity index (χ1v) is 7.82. The highest BCUT2D eigenvalue weighted by Gasteiger charge is 2.33. The third kappa shape index (κ3) is 2.01. The average molecular weight is 311 g/mol. The van der Waals surface area contributed by atoms with E-state index in [0.717, 1.165) is 11.3 Å². The van der Waals surface area contributed by atoms with Gasteiger partial charge in [-0.1, -0.05) is 6.07 Å². The van der Waals surface area contributed by atoms with Crippen molar-refractivity contribution in [2.45, 2.75) is 19.3 Å². The van der Waals surface area contributed by atoms with Gasteiger partial charge in [-0.05, 0) is 24.4 Å². The molecule has 0 aromatic carbocycles. The molecule has 22 heavy (non-hydrogen) atoms. The summed E-state index contributed by atoms with van der Waals surface area (Å²) in [6.45, 7) is 1.95. The van der Waals surface area contributed by atoms with Crippen LogP contribution in [0.5, 0.6) is 0 Å². The summed E-state index contributed by atoms with van der Waals surface area (Å²) in [4.78, 5) is 21.8. The van der Waals surface area contributed by atoms with Crippen molar-refractivity contribution >= 4 is 23.1 Å². The van der Waals surface area contributed by atoms with Crippen molar-refractivity contribution in [1.29, 1.82) is 0 Å². The van der Waals surface area contributed by atoms with E-state index in [9.17, 15) is 4.79 Å². The molecular formula is C15H13N5OS. The van der Waals surface area contributed by atoms with Crippen molar-refractivity contribution in [3.63, 3.8) is 0 Å². The zero-order valence-electron chi connectivity index (χ0n) is 11.9. The molecule has 0 spiro atoms. The number of anilines is 1. The van der Waals surface area contributed by atoms with Crippen molar-refractivity contribution < 1.29 is 4.79 Å². The Kier molecular flexibility index (Phi) is 3.00. The Morgan fingerprint density at radius 1 is 1.32 bits per heavy atom. The smallest absolute Gasteiger partial charge is 0.252 e. The molecule has 0 unspecified atom stereocenters. The fraction of sp³-hybridized carbons (Fsp3) is 0.200. The van der Waals surface area contributed by atoms with Crippen LogP contribution in [0.15, 0.2) is 36.0 Å². The lowest BCUT2D eigenvalue weighted by Gasteiger charge is -2.22. The summed E-state index contributed by atoms with van der Waals surface area (Å²) in [5, 5.41) is 9.49. The second-order valence-corrected chi connectivity index (χ2v) is 6.11. The van der Waals surface area contributed by atoms with Gasteiger partial charge in [0.15, 0.2) is 0 Å². The summed E-state index contributed by atoms with van der Waals surface area (Å²) in [5.41, 5.74) is 1.94. The van der Waals surface area contributed by atoms with Crippen LogP contribution in [0.4, 0.5) is 5.82 Å². The molecular weight excluding hydrogens is 298 g/mol. The lowest BCUT2D eigenvalue weighted by Crippen LogP contribution is -2.24. The summed E-state index contributed by atoms with van der Waals surface area (Å²) in [6, 6.07) is 5.82. The van der Waals surface area contributed by atoms with Gasteiger partial charge >= 0.3 is 0 Å². The van der Waals surface area contributed by atoms with Gasteiger partial charge in [-0.15, -0.1) is 11.3 Å². The molecule has 0 bridgehead atoms. The highest BCUT2D eigenvalue weighted by molar-refractivity contribution is 7.10. The number of rotatable bonds is 2. The van der Waals surface area contributed by atoms with Crippen LogP contribution in [0.2, 0.25) is 0 Å². The predicted octanol–water partition coefficient (Wildman–Crippen LogP) is 2.51. The zero-order valence-corrected chi connectivity index (χ0v) is 12.7. The fourth-order valence-electron chi connectivity index (χ4n) is 2.83. The number of aryl methyl sites for hydroxylation is 1. The van der Waals surface area contributed by atoms with E-state index in [0.29, 0.717) is 18.2 Å². The number of hydrogen-bond acceptors (Lipinski definition) is 5. The molecule has 0 aliphatic carbocycles. The molecule has 7 heteroatoms. The van der Waals surface area contributed by atoms with Crippen LogP contribution in [-0.2, 0) is 4.79 Å². The van der Waals surface area contributed by atoms with Gasteiger partial charge in [0, 0.05) is 35.2 Å². The molecule has 3 aromatic heterocycles. The molecule has 0 radical (unpaired) electrons. The van der Waals surface area contributed by atoms with E-state index in [1.165, 1.54) is 4.88 Å². The van der Waals surface area contributed by atoms with Crippen LogP contribution >= 0.6 is 11.3 Å². The van der Waals surface area contributed by atoms with Crippen LogP contribution in [0.1, 0.15) is 28.5 Å². The van der Waals surface area contributed by atoms with Crippen LogP contribution in [-0.4, -0.2) is 25.7 Å². The zero-order chi connectivity index (χ0) is 15.1. The Morgan fingerprint density at radius 2 is 2.14 bits per heavy atom. The Balaban J connectivity index is 1.90. The third-order valence-corrected chi connectivity index (χ3v) is 4.72. The Morgan fingerprint density at radius 3 is 2.86 bits per heavy atom. The normalized spacial score (nSPS) is 17.1. The number of carbonyl (C=O) groups is 1. The molecule has 1 aliphatic heterocycles. The molecule has 4 rings (SSSR count). The average Bonchev–Trinajstić information content (AvgIpc) is 3.16. The van der Waals surface area contributed by atoms with Crippen LogP contribution in [0.25, 0.3) is 5.95 Å². The van der Waals surface area contributed by atoms with Crippen molar-refractivity contribution in [3.05, 3.63) is 52.1 Å². The van der Waals surface area contributed by atoms with Crippen LogP contribution < -0.4 is 5.32 Å². The number of fused-ring (bicyclic) bond motifs is 1. The topological polar surface area (TPSA) is 72.7 Å². The van der Waals surface area contributed by atoms with E-state index in [-0.39, 0.29) is 11.8 Å². The maximum atomic E-state index is 12.1. The van der Waals surface area contributed by atoms with Gasteiger partial charge < -0.3 is 5.32 Å². The van der Waals surface area contributed by atoms with Crippen molar-refractivity contribution in [1.82, 2.24) is 19.7 Å². The second-order valence-electron chi connectivity index (χ2n) is 5.13. The Bertz CT molecular complexity index is 825. The van der Waals surface area contributed by atoms with Crippen molar-refractivity contribution in [2.75, 3.05) is 5.32 Å². The Hall–Kier alpha value is -2.54. The van der Waals surface area contributed by atoms with Crippen molar-refractivity contribution in [3.8, 4) is 5.95 Å². The summed E-state index contributed by atoms with van der Waals surface area (Å²) in [6.07, 6.45) is 3.76. The van der Waals surface area contributed by atoms with Crippen LogP contribution in [0, 0.1) is 6.92 Å². The van der Waals surface area contributed by atoms with Gasteiger partial charge in [-0.2, -0.15) is 9.78 Å². The molecule has 1 atom stereocenters. The highest BCUT2D eigenvalue weighted by Crippen LogP contribution is 2.41. The number of hydrogen-bond donors (Lipinski definition) is 1. The molecule has 1 aliphatic rings. The summed E-state index contributed by atoms with van der Waals surface area (Å²) >= 11 is 1.66. The largest absolute Gasteiger partial charge is 0.310 e.